The molecular formula is C25H30F3N3O4. The third-order valence-electron chi connectivity index (χ3n) is 6.64. The SMILES string of the molecule is COc1c(NC(=O)NC2Cc3ccccc3C2O)cc(N2CCCCCC2)cc1C(O)C(F)(F)F. The molecule has 0 radical (unpaired) electrons. The number of aliphatic hydroxyl groups excluding tert-OH is 2. The van der Waals surface area contributed by atoms with E-state index in [-0.39, 0.29) is 11.4 Å². The lowest BCUT2D eigenvalue weighted by Crippen LogP contribution is -2.40. The van der Waals surface area contributed by atoms with Crippen molar-refractivity contribution in [2.45, 2.75) is 56.5 Å². The number of amides is 2. The predicted molar refractivity (Wildman–Crippen MR) is 126 cm³/mol. The number of urea groups is 1. The highest BCUT2D eigenvalue weighted by molar-refractivity contribution is 5.92. The van der Waals surface area contributed by atoms with Gasteiger partial charge < -0.3 is 30.5 Å². The lowest BCUT2D eigenvalue weighted by atomic mass is 10.0. The Labute approximate surface area is 201 Å². The highest BCUT2D eigenvalue weighted by Crippen LogP contribution is 2.43. The van der Waals surface area contributed by atoms with Crippen LogP contribution in [0.1, 0.15) is 54.6 Å². The van der Waals surface area contributed by atoms with Crippen molar-refractivity contribution in [2.24, 2.45) is 0 Å². The zero-order chi connectivity index (χ0) is 25.2. The summed E-state index contributed by atoms with van der Waals surface area (Å²) in [6.45, 7) is 1.32. The van der Waals surface area contributed by atoms with Gasteiger partial charge in [0.15, 0.2) is 6.10 Å². The lowest BCUT2D eigenvalue weighted by molar-refractivity contribution is -0.207. The molecule has 1 saturated heterocycles. The number of hydrogen-bond acceptors (Lipinski definition) is 5. The van der Waals surface area contributed by atoms with Crippen LogP contribution in [0.3, 0.4) is 0 Å². The maximum Gasteiger partial charge on any atom is 0.418 e. The van der Waals surface area contributed by atoms with Crippen LogP contribution in [0.15, 0.2) is 36.4 Å². The maximum absolute atomic E-state index is 13.5. The van der Waals surface area contributed by atoms with Gasteiger partial charge in [-0.2, -0.15) is 13.2 Å². The molecule has 190 valence electrons. The molecule has 2 aliphatic rings. The number of methoxy groups -OCH3 is 1. The van der Waals surface area contributed by atoms with Gasteiger partial charge in [-0.15, -0.1) is 0 Å². The van der Waals surface area contributed by atoms with Gasteiger partial charge >= 0.3 is 12.2 Å². The first-order chi connectivity index (χ1) is 16.7. The molecule has 2 aromatic carbocycles. The molecule has 0 bridgehead atoms. The van der Waals surface area contributed by atoms with Gasteiger partial charge in [-0.25, -0.2) is 4.79 Å². The van der Waals surface area contributed by atoms with E-state index in [0.29, 0.717) is 25.2 Å². The Morgan fingerprint density at radius 3 is 2.46 bits per heavy atom. The molecule has 1 aliphatic heterocycles. The monoisotopic (exact) mass is 493 g/mol. The van der Waals surface area contributed by atoms with Crippen molar-refractivity contribution < 1.29 is 32.9 Å². The topological polar surface area (TPSA) is 94.1 Å². The van der Waals surface area contributed by atoms with Crippen LogP contribution in [0.4, 0.5) is 29.3 Å². The molecule has 1 aliphatic carbocycles. The van der Waals surface area contributed by atoms with E-state index in [9.17, 15) is 28.2 Å². The Kier molecular flexibility index (Phi) is 7.42. The van der Waals surface area contributed by atoms with Crippen molar-refractivity contribution in [1.29, 1.82) is 0 Å². The molecule has 4 rings (SSSR count). The quantitative estimate of drug-likeness (QED) is 0.494. The average molecular weight is 494 g/mol. The minimum absolute atomic E-state index is 0.00930. The van der Waals surface area contributed by atoms with Crippen molar-refractivity contribution in [3.63, 3.8) is 0 Å². The second kappa shape index (κ2) is 10.3. The van der Waals surface area contributed by atoms with Crippen LogP contribution in [-0.4, -0.2) is 48.7 Å². The number of alkyl halides is 3. The van der Waals surface area contributed by atoms with Gasteiger partial charge in [0.1, 0.15) is 5.75 Å². The van der Waals surface area contributed by atoms with Gasteiger partial charge in [0.2, 0.25) is 0 Å². The van der Waals surface area contributed by atoms with Gasteiger partial charge in [-0.3, -0.25) is 0 Å². The molecule has 0 aromatic heterocycles. The number of anilines is 2. The van der Waals surface area contributed by atoms with Gasteiger partial charge in [-0.1, -0.05) is 37.1 Å². The van der Waals surface area contributed by atoms with Gasteiger partial charge in [0.05, 0.1) is 24.9 Å². The summed E-state index contributed by atoms with van der Waals surface area (Å²) >= 11 is 0. The zero-order valence-corrected chi connectivity index (χ0v) is 19.4. The molecule has 2 aromatic rings. The molecule has 0 spiro atoms. The number of benzene rings is 2. The van der Waals surface area contributed by atoms with Crippen LogP contribution < -0.4 is 20.3 Å². The van der Waals surface area contributed by atoms with Crippen molar-refractivity contribution in [2.75, 3.05) is 30.4 Å². The van der Waals surface area contributed by atoms with E-state index < -0.39 is 36.0 Å². The fourth-order valence-electron chi connectivity index (χ4n) is 4.88. The van der Waals surface area contributed by atoms with Crippen molar-refractivity contribution in [1.82, 2.24) is 5.32 Å². The summed E-state index contributed by atoms with van der Waals surface area (Å²) in [5.74, 6) is -0.265. The molecule has 35 heavy (non-hydrogen) atoms. The molecule has 4 N–H and O–H groups in total. The molecule has 3 unspecified atom stereocenters. The van der Waals surface area contributed by atoms with Crippen molar-refractivity contribution in [3.8, 4) is 5.75 Å². The van der Waals surface area contributed by atoms with E-state index in [4.69, 9.17) is 4.74 Å². The number of carbonyl (C=O) groups excluding carboxylic acids is 1. The fourth-order valence-corrected chi connectivity index (χ4v) is 4.88. The molecule has 10 heteroatoms. The van der Waals surface area contributed by atoms with Crippen molar-refractivity contribution in [3.05, 3.63) is 53.1 Å². The number of hydrogen-bond donors (Lipinski definition) is 4. The summed E-state index contributed by atoms with van der Waals surface area (Å²) in [7, 11) is 1.19. The number of nitrogens with zero attached hydrogens (tertiary/aromatic N) is 1. The first-order valence-corrected chi connectivity index (χ1v) is 11.7. The van der Waals surface area contributed by atoms with Gasteiger partial charge in [-0.05, 0) is 42.5 Å². The molecule has 7 nitrogen and oxygen atoms in total. The number of nitrogens with one attached hydrogen (secondary N) is 2. The Hall–Kier alpha value is -2.98. The lowest BCUT2D eigenvalue weighted by Gasteiger charge is -2.27. The largest absolute Gasteiger partial charge is 0.494 e. The summed E-state index contributed by atoms with van der Waals surface area (Å²) in [6, 6.07) is 8.87. The molecular weight excluding hydrogens is 463 g/mol. The van der Waals surface area contributed by atoms with E-state index in [2.05, 4.69) is 10.6 Å². The number of aliphatic hydroxyl groups is 2. The molecule has 2 amide bonds. The summed E-state index contributed by atoms with van der Waals surface area (Å²) in [5.41, 5.74) is 1.66. The highest BCUT2D eigenvalue weighted by Gasteiger charge is 2.42. The van der Waals surface area contributed by atoms with Gasteiger partial charge in [0.25, 0.3) is 0 Å². The molecule has 3 atom stereocenters. The predicted octanol–water partition coefficient (Wildman–Crippen LogP) is 4.45. The molecule has 1 heterocycles. The summed E-state index contributed by atoms with van der Waals surface area (Å²) < 4.78 is 45.7. The first-order valence-electron chi connectivity index (χ1n) is 11.7. The Bertz CT molecular complexity index is 1050. The van der Waals surface area contributed by atoms with Crippen LogP contribution in [0.2, 0.25) is 0 Å². The number of ether oxygens (including phenoxy) is 1. The maximum atomic E-state index is 13.5. The first kappa shape index (κ1) is 25.1. The third-order valence-corrected chi connectivity index (χ3v) is 6.64. The number of carbonyl (C=O) groups is 1. The number of fused-ring (bicyclic) bond motifs is 1. The highest BCUT2D eigenvalue weighted by atomic mass is 19.4. The van der Waals surface area contributed by atoms with Crippen LogP contribution >= 0.6 is 0 Å². The van der Waals surface area contributed by atoms with Crippen LogP contribution in [0.5, 0.6) is 5.75 Å². The average Bonchev–Trinajstić information content (AvgIpc) is 2.98. The normalized spacial score (nSPS) is 21.1. The molecule has 1 fully saturated rings. The Balaban J connectivity index is 1.62. The van der Waals surface area contributed by atoms with Crippen LogP contribution in [-0.2, 0) is 6.42 Å². The third kappa shape index (κ3) is 5.48. The van der Waals surface area contributed by atoms with Crippen LogP contribution in [0, 0.1) is 0 Å². The minimum atomic E-state index is -4.91. The summed E-state index contributed by atoms with van der Waals surface area (Å²) in [5, 5.41) is 26.0. The van der Waals surface area contributed by atoms with Gasteiger partial charge in [0, 0.05) is 24.3 Å². The van der Waals surface area contributed by atoms with Crippen LogP contribution in [0.25, 0.3) is 0 Å². The second-order valence-corrected chi connectivity index (χ2v) is 9.01. The fraction of sp³-hybridized carbons (Fsp3) is 0.480. The van der Waals surface area contributed by atoms with E-state index >= 15 is 0 Å². The van der Waals surface area contributed by atoms with E-state index in [1.165, 1.54) is 13.2 Å². The van der Waals surface area contributed by atoms with E-state index in [0.717, 1.165) is 36.8 Å². The second-order valence-electron chi connectivity index (χ2n) is 9.01. The summed E-state index contributed by atoms with van der Waals surface area (Å²) in [4.78, 5) is 14.8. The van der Waals surface area contributed by atoms with Crippen molar-refractivity contribution >= 4 is 17.4 Å². The Morgan fingerprint density at radius 2 is 1.83 bits per heavy atom. The number of rotatable bonds is 5. The Morgan fingerprint density at radius 1 is 1.14 bits per heavy atom. The smallest absolute Gasteiger partial charge is 0.418 e. The molecule has 0 saturated carbocycles. The minimum Gasteiger partial charge on any atom is -0.494 e. The summed E-state index contributed by atoms with van der Waals surface area (Å²) in [6.07, 6.45) is -4.31. The van der Waals surface area contributed by atoms with E-state index in [1.807, 2.05) is 17.0 Å². The number of halogens is 3. The van der Waals surface area contributed by atoms with E-state index in [1.54, 1.807) is 18.2 Å². The zero-order valence-electron chi connectivity index (χ0n) is 19.4. The standard InChI is InChI=1S/C25H30F3N3O4/c1-35-22-18(23(33)25(26,27)28)13-16(31-10-6-2-3-7-11-31)14-20(22)30-24(34)29-19-12-15-8-4-5-9-17(15)21(19)32/h4-5,8-9,13-14,19,21,23,32-33H,2-3,6-7,10-12H2,1H3,(H2,29,30,34).